The molecule has 4 atom stereocenters. The van der Waals surface area contributed by atoms with E-state index in [-0.39, 0.29) is 23.8 Å². The summed E-state index contributed by atoms with van der Waals surface area (Å²) in [6.45, 7) is 4.15. The van der Waals surface area contributed by atoms with E-state index in [4.69, 9.17) is 5.73 Å². The standard InChI is InChI=1S/C12H24N2O2/c1-8(15)7-14(3)12(16)10-5-4-6-11(13)9(10)2/h8-11,15H,4-7,13H2,1-3H3. The largest absolute Gasteiger partial charge is 0.392 e. The molecule has 94 valence electrons. The molecule has 3 N–H and O–H groups in total. The molecule has 0 saturated heterocycles. The molecule has 0 radical (unpaired) electrons. The molecule has 1 aliphatic carbocycles. The zero-order valence-corrected chi connectivity index (χ0v) is 10.5. The fraction of sp³-hybridized carbons (Fsp3) is 0.917. The summed E-state index contributed by atoms with van der Waals surface area (Å²) in [6, 6.07) is 0.141. The van der Waals surface area contributed by atoms with Crippen LogP contribution in [0.25, 0.3) is 0 Å². The van der Waals surface area contributed by atoms with Crippen molar-refractivity contribution < 1.29 is 9.90 Å². The normalized spacial score (nSPS) is 32.2. The summed E-state index contributed by atoms with van der Waals surface area (Å²) in [5.74, 6) is 0.411. The van der Waals surface area contributed by atoms with Crippen molar-refractivity contribution in [2.75, 3.05) is 13.6 Å². The first-order valence-electron chi connectivity index (χ1n) is 6.12. The van der Waals surface area contributed by atoms with Gasteiger partial charge in [0.15, 0.2) is 0 Å². The van der Waals surface area contributed by atoms with Crippen molar-refractivity contribution in [2.24, 2.45) is 17.6 Å². The van der Waals surface area contributed by atoms with E-state index < -0.39 is 6.10 Å². The van der Waals surface area contributed by atoms with Crippen LogP contribution in [-0.2, 0) is 4.79 Å². The number of likely N-dealkylation sites (N-methyl/N-ethyl adjacent to an activating group) is 1. The van der Waals surface area contributed by atoms with Crippen LogP contribution in [0.15, 0.2) is 0 Å². The molecule has 1 saturated carbocycles. The molecule has 1 rings (SSSR count). The Bertz CT molecular complexity index is 243. The Morgan fingerprint density at radius 1 is 1.56 bits per heavy atom. The van der Waals surface area contributed by atoms with Gasteiger partial charge in [0.05, 0.1) is 6.10 Å². The fourth-order valence-corrected chi connectivity index (χ4v) is 2.52. The van der Waals surface area contributed by atoms with Gasteiger partial charge in [-0.05, 0) is 25.7 Å². The molecular formula is C12H24N2O2. The molecular weight excluding hydrogens is 204 g/mol. The Morgan fingerprint density at radius 2 is 2.19 bits per heavy atom. The van der Waals surface area contributed by atoms with Crippen LogP contribution in [0, 0.1) is 11.8 Å². The molecule has 4 unspecified atom stereocenters. The number of aliphatic hydroxyl groups is 1. The van der Waals surface area contributed by atoms with Crippen molar-refractivity contribution in [1.82, 2.24) is 4.90 Å². The molecule has 1 fully saturated rings. The van der Waals surface area contributed by atoms with Crippen LogP contribution in [-0.4, -0.2) is 41.7 Å². The minimum atomic E-state index is -0.471. The molecule has 4 nitrogen and oxygen atoms in total. The average Bonchev–Trinajstić information content (AvgIpc) is 2.20. The predicted octanol–water partition coefficient (Wildman–Crippen LogP) is 0.589. The maximum Gasteiger partial charge on any atom is 0.225 e. The van der Waals surface area contributed by atoms with Crippen LogP contribution < -0.4 is 5.73 Å². The van der Waals surface area contributed by atoms with Gasteiger partial charge in [0.2, 0.25) is 5.91 Å². The van der Waals surface area contributed by atoms with Gasteiger partial charge in [0.1, 0.15) is 0 Å². The van der Waals surface area contributed by atoms with Crippen molar-refractivity contribution in [2.45, 2.75) is 45.3 Å². The zero-order valence-electron chi connectivity index (χ0n) is 10.5. The van der Waals surface area contributed by atoms with E-state index in [1.54, 1.807) is 18.9 Å². The van der Waals surface area contributed by atoms with E-state index in [9.17, 15) is 9.90 Å². The van der Waals surface area contributed by atoms with Crippen molar-refractivity contribution in [1.29, 1.82) is 0 Å². The van der Waals surface area contributed by atoms with Gasteiger partial charge in [-0.1, -0.05) is 13.3 Å². The molecule has 16 heavy (non-hydrogen) atoms. The van der Waals surface area contributed by atoms with Crippen LogP contribution >= 0.6 is 0 Å². The molecule has 0 aliphatic heterocycles. The average molecular weight is 228 g/mol. The lowest BCUT2D eigenvalue weighted by Gasteiger charge is -2.35. The number of aliphatic hydroxyl groups excluding tert-OH is 1. The Morgan fingerprint density at radius 3 is 2.75 bits per heavy atom. The smallest absolute Gasteiger partial charge is 0.225 e. The second-order valence-electron chi connectivity index (χ2n) is 5.13. The van der Waals surface area contributed by atoms with Gasteiger partial charge in [-0.15, -0.1) is 0 Å². The molecule has 4 heteroatoms. The van der Waals surface area contributed by atoms with E-state index in [1.165, 1.54) is 0 Å². The van der Waals surface area contributed by atoms with Crippen molar-refractivity contribution in [3.63, 3.8) is 0 Å². The predicted molar refractivity (Wildman–Crippen MR) is 63.8 cm³/mol. The Hall–Kier alpha value is -0.610. The minimum Gasteiger partial charge on any atom is -0.392 e. The fourth-order valence-electron chi connectivity index (χ4n) is 2.52. The molecule has 0 heterocycles. The Labute approximate surface area is 97.8 Å². The first kappa shape index (κ1) is 13.5. The number of rotatable bonds is 3. The maximum absolute atomic E-state index is 12.1. The lowest BCUT2D eigenvalue weighted by molar-refractivity contribution is -0.138. The molecule has 1 amide bonds. The third-order valence-corrected chi connectivity index (χ3v) is 3.59. The third-order valence-electron chi connectivity index (χ3n) is 3.59. The molecule has 0 aromatic rings. The summed E-state index contributed by atoms with van der Waals surface area (Å²) >= 11 is 0. The summed E-state index contributed by atoms with van der Waals surface area (Å²) in [7, 11) is 1.75. The van der Waals surface area contributed by atoms with Gasteiger partial charge in [-0.3, -0.25) is 4.79 Å². The van der Waals surface area contributed by atoms with E-state index in [2.05, 4.69) is 6.92 Å². The van der Waals surface area contributed by atoms with Gasteiger partial charge < -0.3 is 15.7 Å². The van der Waals surface area contributed by atoms with Crippen molar-refractivity contribution >= 4 is 5.91 Å². The van der Waals surface area contributed by atoms with E-state index >= 15 is 0 Å². The SMILES string of the molecule is CC(O)CN(C)C(=O)C1CCCC(N)C1C. The highest BCUT2D eigenvalue weighted by Gasteiger charge is 2.34. The number of nitrogens with two attached hydrogens (primary N) is 1. The van der Waals surface area contributed by atoms with Crippen LogP contribution in [0.2, 0.25) is 0 Å². The highest BCUT2D eigenvalue weighted by atomic mass is 16.3. The molecule has 0 bridgehead atoms. The number of carbonyl (C=O) groups is 1. The summed E-state index contributed by atoms with van der Waals surface area (Å²) in [5.41, 5.74) is 5.99. The van der Waals surface area contributed by atoms with Crippen molar-refractivity contribution in [3.05, 3.63) is 0 Å². The van der Waals surface area contributed by atoms with Gasteiger partial charge in [-0.2, -0.15) is 0 Å². The van der Waals surface area contributed by atoms with E-state index in [0.29, 0.717) is 6.54 Å². The maximum atomic E-state index is 12.1. The first-order valence-corrected chi connectivity index (χ1v) is 6.12. The number of nitrogens with zero attached hydrogens (tertiary/aromatic N) is 1. The van der Waals surface area contributed by atoms with Crippen LogP contribution in [0.4, 0.5) is 0 Å². The van der Waals surface area contributed by atoms with Crippen molar-refractivity contribution in [3.8, 4) is 0 Å². The zero-order chi connectivity index (χ0) is 12.3. The van der Waals surface area contributed by atoms with Gasteiger partial charge >= 0.3 is 0 Å². The highest BCUT2D eigenvalue weighted by Crippen LogP contribution is 2.30. The first-order chi connectivity index (χ1) is 7.43. The Kier molecular flexibility index (Phi) is 4.74. The number of hydrogen-bond acceptors (Lipinski definition) is 3. The minimum absolute atomic E-state index is 0.0347. The quantitative estimate of drug-likeness (QED) is 0.743. The van der Waals surface area contributed by atoms with Gasteiger partial charge in [0, 0.05) is 25.6 Å². The Balaban J connectivity index is 2.58. The molecule has 0 aromatic heterocycles. The van der Waals surface area contributed by atoms with Crippen LogP contribution in [0.5, 0.6) is 0 Å². The molecule has 0 aromatic carbocycles. The van der Waals surface area contributed by atoms with Gasteiger partial charge in [-0.25, -0.2) is 0 Å². The second kappa shape index (κ2) is 5.64. The topological polar surface area (TPSA) is 66.6 Å². The lowest BCUT2D eigenvalue weighted by Crippen LogP contribution is -2.46. The summed E-state index contributed by atoms with van der Waals surface area (Å²) in [6.07, 6.45) is 2.51. The monoisotopic (exact) mass is 228 g/mol. The highest BCUT2D eigenvalue weighted by molar-refractivity contribution is 5.79. The number of hydrogen-bond donors (Lipinski definition) is 2. The molecule has 0 spiro atoms. The third kappa shape index (κ3) is 3.19. The summed E-state index contributed by atoms with van der Waals surface area (Å²) in [4.78, 5) is 13.8. The number of carbonyl (C=O) groups excluding carboxylic acids is 1. The van der Waals surface area contributed by atoms with Crippen LogP contribution in [0.1, 0.15) is 33.1 Å². The molecule has 1 aliphatic rings. The summed E-state index contributed by atoms with van der Waals surface area (Å²) in [5, 5.41) is 9.27. The van der Waals surface area contributed by atoms with E-state index in [0.717, 1.165) is 19.3 Å². The number of amides is 1. The van der Waals surface area contributed by atoms with E-state index in [1.807, 2.05) is 0 Å². The summed E-state index contributed by atoms with van der Waals surface area (Å²) < 4.78 is 0. The lowest BCUT2D eigenvalue weighted by atomic mass is 9.76. The van der Waals surface area contributed by atoms with Gasteiger partial charge in [0.25, 0.3) is 0 Å². The van der Waals surface area contributed by atoms with Crippen LogP contribution in [0.3, 0.4) is 0 Å². The second-order valence-corrected chi connectivity index (χ2v) is 5.13.